The van der Waals surface area contributed by atoms with Crippen molar-refractivity contribution >= 4 is 6.09 Å². The smallest absolute Gasteiger partial charge is 0.410 e. The lowest BCUT2D eigenvalue weighted by atomic mass is 9.89. The summed E-state index contributed by atoms with van der Waals surface area (Å²) in [5, 5.41) is 0. The molecule has 2 N–H and O–H groups in total. The van der Waals surface area contributed by atoms with Crippen LogP contribution in [0.3, 0.4) is 0 Å². The van der Waals surface area contributed by atoms with Crippen LogP contribution in [0.25, 0.3) is 0 Å². The number of hydrogen-bond acceptors (Lipinski definition) is 4. The van der Waals surface area contributed by atoms with Crippen LogP contribution in [-0.4, -0.2) is 48.4 Å². The van der Waals surface area contributed by atoms with Crippen molar-refractivity contribution in [3.05, 3.63) is 0 Å². The van der Waals surface area contributed by atoms with E-state index in [0.717, 1.165) is 25.8 Å². The van der Waals surface area contributed by atoms with Gasteiger partial charge in [0.2, 0.25) is 0 Å². The van der Waals surface area contributed by atoms with Crippen LogP contribution in [0.2, 0.25) is 0 Å². The van der Waals surface area contributed by atoms with Crippen LogP contribution in [0, 0.1) is 0 Å². The Balaban J connectivity index is 2.68. The highest BCUT2D eigenvalue weighted by Crippen LogP contribution is 2.29. The summed E-state index contributed by atoms with van der Waals surface area (Å²) in [7, 11) is 0. The number of likely N-dealkylation sites (tertiary alicyclic amines) is 1. The molecule has 1 saturated heterocycles. The van der Waals surface area contributed by atoms with E-state index >= 15 is 0 Å². The van der Waals surface area contributed by atoms with Gasteiger partial charge in [-0.3, -0.25) is 0 Å². The fraction of sp³-hybridized carbons (Fsp3) is 0.929. The zero-order valence-corrected chi connectivity index (χ0v) is 12.7. The van der Waals surface area contributed by atoms with Gasteiger partial charge < -0.3 is 20.1 Å². The van der Waals surface area contributed by atoms with Gasteiger partial charge in [0.15, 0.2) is 0 Å². The zero-order valence-electron chi connectivity index (χ0n) is 12.7. The lowest BCUT2D eigenvalue weighted by Crippen LogP contribution is -2.53. The van der Waals surface area contributed by atoms with E-state index < -0.39 is 5.60 Å². The van der Waals surface area contributed by atoms with Gasteiger partial charge in [0.1, 0.15) is 5.60 Å². The monoisotopic (exact) mass is 272 g/mol. The highest BCUT2D eigenvalue weighted by molar-refractivity contribution is 5.68. The lowest BCUT2D eigenvalue weighted by molar-refractivity contribution is -0.0901. The van der Waals surface area contributed by atoms with Gasteiger partial charge in [-0.2, -0.15) is 0 Å². The van der Waals surface area contributed by atoms with Crippen molar-refractivity contribution in [2.75, 3.05) is 26.2 Å². The second kappa shape index (κ2) is 6.57. The Morgan fingerprint density at radius 3 is 2.63 bits per heavy atom. The first-order chi connectivity index (χ1) is 8.82. The first-order valence-corrected chi connectivity index (χ1v) is 7.14. The highest BCUT2D eigenvalue weighted by Gasteiger charge is 2.38. The number of ether oxygens (including phenoxy) is 2. The van der Waals surface area contributed by atoms with Crippen molar-refractivity contribution in [3.63, 3.8) is 0 Å². The van der Waals surface area contributed by atoms with Crippen molar-refractivity contribution < 1.29 is 14.3 Å². The van der Waals surface area contributed by atoms with Gasteiger partial charge >= 0.3 is 6.09 Å². The van der Waals surface area contributed by atoms with E-state index in [2.05, 4.69) is 0 Å². The van der Waals surface area contributed by atoms with Gasteiger partial charge in [0, 0.05) is 13.2 Å². The number of nitrogens with two attached hydrogens (primary N) is 1. The second-order valence-electron chi connectivity index (χ2n) is 6.16. The Bertz CT molecular complexity index is 288. The normalized spacial score (nSPS) is 24.4. The summed E-state index contributed by atoms with van der Waals surface area (Å²) in [5.41, 5.74) is 4.93. The summed E-state index contributed by atoms with van der Waals surface area (Å²) < 4.78 is 11.3. The average Bonchev–Trinajstić information content (AvgIpc) is 2.27. The molecule has 0 radical (unpaired) electrons. The Hall–Kier alpha value is -0.810. The fourth-order valence-corrected chi connectivity index (χ4v) is 2.54. The third-order valence-electron chi connectivity index (χ3n) is 3.24. The lowest BCUT2D eigenvalue weighted by Gasteiger charge is -2.42. The molecular formula is C14H28N2O3. The largest absolute Gasteiger partial charge is 0.444 e. The minimum absolute atomic E-state index is 0.256. The molecule has 1 amide bonds. The SMILES string of the molecule is CCOC1(CCN)CCCN(C(=O)OC(C)(C)C)C1. The molecule has 0 aromatic carbocycles. The maximum atomic E-state index is 12.1. The zero-order chi connectivity index (χ0) is 14.5. The topological polar surface area (TPSA) is 64.8 Å². The van der Waals surface area contributed by atoms with Crippen molar-refractivity contribution in [1.82, 2.24) is 4.90 Å². The molecule has 1 fully saturated rings. The number of hydrogen-bond donors (Lipinski definition) is 1. The van der Waals surface area contributed by atoms with E-state index in [1.54, 1.807) is 4.90 Å². The van der Waals surface area contributed by atoms with Gasteiger partial charge in [-0.25, -0.2) is 4.79 Å². The third-order valence-corrected chi connectivity index (χ3v) is 3.24. The Morgan fingerprint density at radius 1 is 1.42 bits per heavy atom. The molecule has 112 valence electrons. The number of carbonyl (C=O) groups is 1. The van der Waals surface area contributed by atoms with Gasteiger partial charge in [-0.1, -0.05) is 0 Å². The van der Waals surface area contributed by atoms with Crippen LogP contribution in [0.1, 0.15) is 47.0 Å². The molecule has 0 spiro atoms. The highest BCUT2D eigenvalue weighted by atomic mass is 16.6. The summed E-state index contributed by atoms with van der Waals surface area (Å²) in [4.78, 5) is 13.9. The quantitative estimate of drug-likeness (QED) is 0.851. The maximum absolute atomic E-state index is 12.1. The maximum Gasteiger partial charge on any atom is 0.410 e. The van der Waals surface area contributed by atoms with Crippen molar-refractivity contribution in [1.29, 1.82) is 0 Å². The molecule has 0 aromatic heterocycles. The van der Waals surface area contributed by atoms with Crippen molar-refractivity contribution in [3.8, 4) is 0 Å². The number of rotatable bonds is 4. The molecule has 1 aliphatic rings. The van der Waals surface area contributed by atoms with E-state index in [1.165, 1.54) is 0 Å². The van der Waals surface area contributed by atoms with Crippen LogP contribution >= 0.6 is 0 Å². The van der Waals surface area contributed by atoms with Crippen LogP contribution < -0.4 is 5.73 Å². The van der Waals surface area contributed by atoms with Crippen LogP contribution in [0.15, 0.2) is 0 Å². The summed E-state index contributed by atoms with van der Waals surface area (Å²) >= 11 is 0. The standard InChI is InChI=1S/C14H28N2O3/c1-5-18-14(8-9-15)7-6-10-16(11-14)12(17)19-13(2,3)4/h5-11,15H2,1-4H3. The molecule has 5 nitrogen and oxygen atoms in total. The third kappa shape index (κ3) is 4.99. The average molecular weight is 272 g/mol. The molecule has 0 aromatic rings. The van der Waals surface area contributed by atoms with Crippen LogP contribution in [-0.2, 0) is 9.47 Å². The first-order valence-electron chi connectivity index (χ1n) is 7.14. The van der Waals surface area contributed by atoms with E-state index in [4.69, 9.17) is 15.2 Å². The molecular weight excluding hydrogens is 244 g/mol. The summed E-state index contributed by atoms with van der Waals surface area (Å²) in [6, 6.07) is 0. The first kappa shape index (κ1) is 16.2. The van der Waals surface area contributed by atoms with Gasteiger partial charge in [-0.15, -0.1) is 0 Å². The minimum Gasteiger partial charge on any atom is -0.444 e. The van der Waals surface area contributed by atoms with Crippen LogP contribution in [0.4, 0.5) is 4.79 Å². The number of piperidine rings is 1. The van der Waals surface area contributed by atoms with E-state index in [1.807, 2.05) is 27.7 Å². The predicted molar refractivity (Wildman–Crippen MR) is 75.1 cm³/mol. The Morgan fingerprint density at radius 2 is 2.11 bits per heavy atom. The molecule has 1 heterocycles. The van der Waals surface area contributed by atoms with Crippen molar-refractivity contribution in [2.45, 2.75) is 58.2 Å². The van der Waals surface area contributed by atoms with E-state index in [0.29, 0.717) is 19.7 Å². The number of amides is 1. The molecule has 1 unspecified atom stereocenters. The molecule has 1 aliphatic heterocycles. The van der Waals surface area contributed by atoms with E-state index in [9.17, 15) is 4.79 Å². The predicted octanol–water partition coefficient (Wildman–Crippen LogP) is 2.14. The van der Waals surface area contributed by atoms with Crippen LogP contribution in [0.5, 0.6) is 0 Å². The fourth-order valence-electron chi connectivity index (χ4n) is 2.54. The summed E-state index contributed by atoms with van der Waals surface area (Å²) in [5.74, 6) is 0. The van der Waals surface area contributed by atoms with Gasteiger partial charge in [0.25, 0.3) is 0 Å². The summed E-state index contributed by atoms with van der Waals surface area (Å²) in [6.07, 6.45) is 2.41. The molecule has 0 aliphatic carbocycles. The second-order valence-corrected chi connectivity index (χ2v) is 6.16. The molecule has 5 heteroatoms. The Kier molecular flexibility index (Phi) is 5.62. The molecule has 0 saturated carbocycles. The molecule has 0 bridgehead atoms. The van der Waals surface area contributed by atoms with Gasteiger partial charge in [0.05, 0.1) is 12.1 Å². The summed E-state index contributed by atoms with van der Waals surface area (Å²) in [6.45, 7) is 10.1. The number of carbonyl (C=O) groups excluding carboxylic acids is 1. The Labute approximate surface area is 116 Å². The number of nitrogens with zero attached hydrogens (tertiary/aromatic N) is 1. The van der Waals surface area contributed by atoms with E-state index in [-0.39, 0.29) is 11.7 Å². The molecule has 19 heavy (non-hydrogen) atoms. The minimum atomic E-state index is -0.462. The molecule has 1 atom stereocenters. The molecule has 1 rings (SSSR count). The van der Waals surface area contributed by atoms with Crippen molar-refractivity contribution in [2.24, 2.45) is 5.73 Å². The van der Waals surface area contributed by atoms with Gasteiger partial charge in [-0.05, 0) is 53.5 Å².